The van der Waals surface area contributed by atoms with Crippen molar-refractivity contribution < 1.29 is 4.74 Å². The Kier molecular flexibility index (Phi) is 8.80. The van der Waals surface area contributed by atoms with Crippen molar-refractivity contribution in [3.05, 3.63) is 212 Å². The summed E-state index contributed by atoms with van der Waals surface area (Å²) < 4.78 is 6.34. The first-order chi connectivity index (χ1) is 26.7. The molecule has 0 fully saturated rings. The summed E-state index contributed by atoms with van der Waals surface area (Å²) in [5, 5.41) is 4.44. The summed E-state index contributed by atoms with van der Waals surface area (Å²) >= 11 is 0. The first-order valence-corrected chi connectivity index (χ1v) is 18.3. The van der Waals surface area contributed by atoms with Crippen LogP contribution >= 0.6 is 0 Å². The van der Waals surface area contributed by atoms with E-state index in [1.54, 1.807) is 0 Å². The predicted octanol–water partition coefficient (Wildman–Crippen LogP) is 13.6. The molecule has 0 atom stereocenters. The molecule has 0 radical (unpaired) electrons. The average molecular weight is 695 g/mol. The van der Waals surface area contributed by atoms with E-state index in [1.807, 2.05) is 24.3 Å². The van der Waals surface area contributed by atoms with E-state index in [9.17, 15) is 0 Å². The largest absolute Gasteiger partial charge is 0.486 e. The number of hydrogen-bond donors (Lipinski definition) is 1. The second kappa shape index (κ2) is 14.5. The van der Waals surface area contributed by atoms with Gasteiger partial charge in [0.25, 0.3) is 0 Å². The number of hydrogen-bond acceptors (Lipinski definition) is 3. The topological polar surface area (TPSA) is 38.5 Å². The molecule has 0 bridgehead atoms. The summed E-state index contributed by atoms with van der Waals surface area (Å²) in [5.41, 5.74) is 18.5. The van der Waals surface area contributed by atoms with Gasteiger partial charge in [-0.05, 0) is 104 Å². The third kappa shape index (κ3) is 6.55. The number of anilines is 4. The number of fused-ring (bicyclic) bond motifs is 2. The van der Waals surface area contributed by atoms with Crippen LogP contribution in [0.15, 0.2) is 206 Å². The van der Waals surface area contributed by atoms with E-state index in [1.165, 1.54) is 27.6 Å². The van der Waals surface area contributed by atoms with Crippen LogP contribution in [-0.2, 0) is 6.61 Å². The molecular formula is C51H38N2O. The van der Waals surface area contributed by atoms with Crippen LogP contribution in [0.25, 0.3) is 54.9 Å². The van der Waals surface area contributed by atoms with Crippen LogP contribution in [-0.4, -0.2) is 0 Å². The van der Waals surface area contributed by atoms with Crippen molar-refractivity contribution in [3.63, 3.8) is 0 Å². The Labute approximate surface area is 316 Å². The Hall–Kier alpha value is -7.10. The van der Waals surface area contributed by atoms with Crippen molar-refractivity contribution in [2.24, 2.45) is 0 Å². The monoisotopic (exact) mass is 694 g/mol. The number of benzene rings is 9. The number of ether oxygens (including phenoxy) is 1. The fourth-order valence-electron chi connectivity index (χ4n) is 7.37. The second-order valence-corrected chi connectivity index (χ2v) is 13.6. The van der Waals surface area contributed by atoms with Gasteiger partial charge in [-0.15, -0.1) is 0 Å². The highest BCUT2D eigenvalue weighted by Gasteiger charge is 2.16. The number of nitrogens with zero attached hydrogens (tertiary/aromatic N) is 1. The molecule has 0 aliphatic heterocycles. The average Bonchev–Trinajstić information content (AvgIpc) is 3.24. The van der Waals surface area contributed by atoms with Gasteiger partial charge >= 0.3 is 0 Å². The van der Waals surface area contributed by atoms with Crippen molar-refractivity contribution >= 4 is 44.3 Å². The first-order valence-electron chi connectivity index (χ1n) is 18.3. The van der Waals surface area contributed by atoms with Gasteiger partial charge in [-0.1, -0.05) is 158 Å². The molecule has 0 spiro atoms. The molecule has 0 saturated heterocycles. The van der Waals surface area contributed by atoms with Gasteiger partial charge in [0, 0.05) is 22.4 Å². The third-order valence-corrected chi connectivity index (χ3v) is 10.1. The molecule has 2 N–H and O–H groups in total. The molecule has 9 rings (SSSR count). The van der Waals surface area contributed by atoms with Crippen LogP contribution in [0.3, 0.4) is 0 Å². The van der Waals surface area contributed by atoms with Crippen LogP contribution in [0.2, 0.25) is 0 Å². The van der Waals surface area contributed by atoms with E-state index in [-0.39, 0.29) is 0 Å². The Bertz CT molecular complexity index is 2710. The highest BCUT2D eigenvalue weighted by atomic mass is 16.5. The van der Waals surface area contributed by atoms with Crippen LogP contribution in [0.4, 0.5) is 22.7 Å². The summed E-state index contributed by atoms with van der Waals surface area (Å²) in [7, 11) is 0. The smallest absolute Gasteiger partial charge is 0.150 e. The van der Waals surface area contributed by atoms with Crippen LogP contribution in [0.5, 0.6) is 5.75 Å². The van der Waals surface area contributed by atoms with Crippen molar-refractivity contribution in [2.45, 2.75) is 6.61 Å². The SMILES string of the molecule is Nc1ccc2c(-c3ccc4cc(N(c5ccc(-c6ccccc6)cc5)c5cccc(-c6ccccc6)c5)ccc4c3)cccc2c1OCc1ccccc1. The highest BCUT2D eigenvalue weighted by Crippen LogP contribution is 2.41. The molecule has 0 heterocycles. The van der Waals surface area contributed by atoms with Gasteiger partial charge in [-0.3, -0.25) is 0 Å². The molecule has 0 aliphatic rings. The van der Waals surface area contributed by atoms with E-state index in [0.717, 1.165) is 55.7 Å². The molecule has 3 nitrogen and oxygen atoms in total. The summed E-state index contributed by atoms with van der Waals surface area (Å²) in [6.45, 7) is 0.456. The normalized spacial score (nSPS) is 11.1. The Morgan fingerprint density at radius 2 is 0.963 bits per heavy atom. The zero-order valence-corrected chi connectivity index (χ0v) is 29.8. The quantitative estimate of drug-likeness (QED) is 0.153. The summed E-state index contributed by atoms with van der Waals surface area (Å²) in [4.78, 5) is 2.35. The molecule has 258 valence electrons. The molecule has 3 heteroatoms. The van der Waals surface area contributed by atoms with E-state index in [2.05, 4.69) is 187 Å². The van der Waals surface area contributed by atoms with E-state index >= 15 is 0 Å². The zero-order chi connectivity index (χ0) is 36.3. The van der Waals surface area contributed by atoms with E-state index in [4.69, 9.17) is 10.5 Å². The lowest BCUT2D eigenvalue weighted by Crippen LogP contribution is -2.10. The molecule has 0 saturated carbocycles. The molecule has 0 aliphatic carbocycles. The minimum atomic E-state index is 0.456. The Balaban J connectivity index is 1.09. The minimum Gasteiger partial charge on any atom is -0.486 e. The van der Waals surface area contributed by atoms with Gasteiger partial charge in [0.15, 0.2) is 5.75 Å². The predicted molar refractivity (Wildman–Crippen MR) is 228 cm³/mol. The standard InChI is InChI=1S/C51H38N2O/c52-50-31-30-48-47(20-11-21-49(48)51(50)54-35-36-12-4-1-5-13-36)43-23-22-42-34-46(29-26-41(42)32-43)53(44-27-24-39(25-28-44)37-14-6-2-7-15-37)45-19-10-18-40(33-45)38-16-8-3-9-17-38/h1-34H,35,52H2. The van der Waals surface area contributed by atoms with E-state index < -0.39 is 0 Å². The van der Waals surface area contributed by atoms with Gasteiger partial charge in [0.2, 0.25) is 0 Å². The van der Waals surface area contributed by atoms with Gasteiger partial charge in [0.1, 0.15) is 6.61 Å². The second-order valence-electron chi connectivity index (χ2n) is 13.6. The van der Waals surface area contributed by atoms with Crippen molar-refractivity contribution in [1.29, 1.82) is 0 Å². The highest BCUT2D eigenvalue weighted by molar-refractivity contribution is 6.04. The summed E-state index contributed by atoms with van der Waals surface area (Å²) in [5.74, 6) is 0.719. The van der Waals surface area contributed by atoms with Crippen LogP contribution in [0.1, 0.15) is 5.56 Å². The fraction of sp³-hybridized carbons (Fsp3) is 0.0196. The van der Waals surface area contributed by atoms with Gasteiger partial charge in [-0.25, -0.2) is 0 Å². The Morgan fingerprint density at radius 3 is 1.72 bits per heavy atom. The molecule has 54 heavy (non-hydrogen) atoms. The molecule has 0 amide bonds. The van der Waals surface area contributed by atoms with Crippen molar-refractivity contribution in [1.82, 2.24) is 0 Å². The number of nitrogens with two attached hydrogens (primary N) is 1. The van der Waals surface area contributed by atoms with Gasteiger partial charge < -0.3 is 15.4 Å². The maximum atomic E-state index is 6.48. The van der Waals surface area contributed by atoms with E-state index in [0.29, 0.717) is 12.3 Å². The minimum absolute atomic E-state index is 0.456. The maximum Gasteiger partial charge on any atom is 0.150 e. The number of nitrogen functional groups attached to an aromatic ring is 1. The summed E-state index contributed by atoms with van der Waals surface area (Å²) in [6.07, 6.45) is 0. The molecule has 0 unspecified atom stereocenters. The molecule has 0 aromatic heterocycles. The molecule has 9 aromatic carbocycles. The van der Waals surface area contributed by atoms with Crippen LogP contribution < -0.4 is 15.4 Å². The first kappa shape index (κ1) is 32.8. The lowest BCUT2D eigenvalue weighted by molar-refractivity contribution is 0.312. The fourth-order valence-corrected chi connectivity index (χ4v) is 7.37. The summed E-state index contributed by atoms with van der Waals surface area (Å²) in [6, 6.07) is 72.8. The lowest BCUT2D eigenvalue weighted by Gasteiger charge is -2.26. The van der Waals surface area contributed by atoms with Crippen molar-refractivity contribution in [3.8, 4) is 39.1 Å². The maximum absolute atomic E-state index is 6.48. The third-order valence-electron chi connectivity index (χ3n) is 10.1. The Morgan fingerprint density at radius 1 is 0.389 bits per heavy atom. The molecule has 9 aromatic rings. The number of rotatable bonds is 9. The molecular weight excluding hydrogens is 657 g/mol. The van der Waals surface area contributed by atoms with Gasteiger partial charge in [-0.2, -0.15) is 0 Å². The van der Waals surface area contributed by atoms with Crippen molar-refractivity contribution in [2.75, 3.05) is 10.6 Å². The van der Waals surface area contributed by atoms with Crippen LogP contribution in [0, 0.1) is 0 Å². The lowest BCUT2D eigenvalue weighted by atomic mass is 9.95. The van der Waals surface area contributed by atoms with Gasteiger partial charge in [0.05, 0.1) is 5.69 Å². The zero-order valence-electron chi connectivity index (χ0n) is 29.8.